The lowest BCUT2D eigenvalue weighted by atomic mass is 10.1. The molecule has 0 bridgehead atoms. The number of halogens is 4. The van der Waals surface area contributed by atoms with Crippen LogP contribution in [-0.2, 0) is 10.9 Å². The molecule has 3 heterocycles. The van der Waals surface area contributed by atoms with E-state index in [2.05, 4.69) is 9.97 Å². The Morgan fingerprint density at radius 3 is 2.56 bits per heavy atom. The van der Waals surface area contributed by atoms with E-state index in [1.165, 1.54) is 0 Å². The van der Waals surface area contributed by atoms with E-state index in [-0.39, 0.29) is 23.1 Å². The molecule has 1 saturated heterocycles. The van der Waals surface area contributed by atoms with Gasteiger partial charge in [0.25, 0.3) is 0 Å². The molecule has 1 fully saturated rings. The number of carbonyl (C=O) groups excluding carboxylic acids is 1. The number of nitrogens with zero attached hydrogens (tertiary/aromatic N) is 3. The molecule has 0 saturated carbocycles. The van der Waals surface area contributed by atoms with Crippen molar-refractivity contribution >= 4 is 34.3 Å². The van der Waals surface area contributed by atoms with E-state index >= 15 is 0 Å². The number of carbonyl (C=O) groups is 1. The summed E-state index contributed by atoms with van der Waals surface area (Å²) in [5.74, 6) is -1.33. The van der Waals surface area contributed by atoms with E-state index in [0.717, 1.165) is 0 Å². The molecule has 0 aromatic carbocycles. The average Bonchev–Trinajstić information content (AvgIpc) is 2.94. The second kappa shape index (κ2) is 6.80. The normalized spacial score (nSPS) is 15.8. The Bertz CT molecular complexity index is 801. The van der Waals surface area contributed by atoms with Crippen LogP contribution in [0, 0.1) is 0 Å². The molecule has 25 heavy (non-hydrogen) atoms. The van der Waals surface area contributed by atoms with Crippen molar-refractivity contribution in [2.75, 3.05) is 31.2 Å². The van der Waals surface area contributed by atoms with Gasteiger partial charge in [-0.05, 0) is 18.0 Å². The first-order valence-electron chi connectivity index (χ1n) is 7.76. The van der Waals surface area contributed by atoms with Crippen molar-refractivity contribution in [1.29, 1.82) is 0 Å². The van der Waals surface area contributed by atoms with Crippen molar-refractivity contribution in [3.05, 3.63) is 16.6 Å². The Morgan fingerprint density at radius 1 is 1.28 bits per heavy atom. The van der Waals surface area contributed by atoms with Crippen LogP contribution in [0.2, 0.25) is 5.28 Å². The van der Waals surface area contributed by atoms with Gasteiger partial charge in [-0.1, -0.05) is 6.92 Å². The highest BCUT2D eigenvalue weighted by molar-refractivity contribution is 6.28. The van der Waals surface area contributed by atoms with Gasteiger partial charge in [0, 0.05) is 19.5 Å². The van der Waals surface area contributed by atoms with Gasteiger partial charge in [0.2, 0.25) is 5.28 Å². The van der Waals surface area contributed by atoms with Crippen LogP contribution in [-0.4, -0.2) is 42.1 Å². The Kier molecular flexibility index (Phi) is 4.88. The van der Waals surface area contributed by atoms with Gasteiger partial charge in [0.15, 0.2) is 22.9 Å². The maximum atomic E-state index is 13.6. The van der Waals surface area contributed by atoms with E-state index in [1.54, 1.807) is 11.8 Å². The van der Waals surface area contributed by atoms with E-state index in [4.69, 9.17) is 20.8 Å². The number of hydrogen-bond donors (Lipinski definition) is 0. The smallest absolute Gasteiger partial charge is 0.422 e. The largest absolute Gasteiger partial charge is 0.447 e. The van der Waals surface area contributed by atoms with Crippen molar-refractivity contribution in [3.63, 3.8) is 0 Å². The van der Waals surface area contributed by atoms with Gasteiger partial charge in [0.05, 0.1) is 13.2 Å². The third kappa shape index (κ3) is 3.43. The second-order valence-electron chi connectivity index (χ2n) is 5.57. The number of anilines is 1. The summed E-state index contributed by atoms with van der Waals surface area (Å²) in [6, 6.07) is 0. The molecule has 0 atom stereocenters. The fourth-order valence-corrected chi connectivity index (χ4v) is 2.89. The number of rotatable bonds is 4. The third-order valence-corrected chi connectivity index (χ3v) is 3.98. The van der Waals surface area contributed by atoms with Crippen molar-refractivity contribution in [2.24, 2.45) is 0 Å². The highest BCUT2D eigenvalue weighted by Crippen LogP contribution is 2.42. The minimum Gasteiger partial charge on any atom is -0.447 e. The zero-order chi connectivity index (χ0) is 18.2. The minimum absolute atomic E-state index is 0.0586. The SMILES string of the molecule is CCCC(=O)c1oc2c(N3CCOCC3)nc(Cl)nc2c1C(F)(F)F. The van der Waals surface area contributed by atoms with Gasteiger partial charge in [0.1, 0.15) is 11.1 Å². The predicted molar refractivity (Wildman–Crippen MR) is 84.1 cm³/mol. The summed E-state index contributed by atoms with van der Waals surface area (Å²) >= 11 is 5.84. The molecule has 3 rings (SSSR count). The fourth-order valence-electron chi connectivity index (χ4n) is 2.73. The highest BCUT2D eigenvalue weighted by atomic mass is 35.5. The van der Waals surface area contributed by atoms with Crippen LogP contribution >= 0.6 is 11.6 Å². The van der Waals surface area contributed by atoms with Crippen molar-refractivity contribution in [3.8, 4) is 0 Å². The minimum atomic E-state index is -4.80. The van der Waals surface area contributed by atoms with Crippen LogP contribution in [0.5, 0.6) is 0 Å². The van der Waals surface area contributed by atoms with Crippen LogP contribution in [0.15, 0.2) is 4.42 Å². The number of Topliss-reactive ketones (excluding diaryl/α,β-unsaturated/α-hetero) is 1. The molecule has 1 aliphatic rings. The number of ketones is 1. The topological polar surface area (TPSA) is 68.5 Å². The molecule has 2 aromatic rings. The summed E-state index contributed by atoms with van der Waals surface area (Å²) in [6.45, 7) is 3.34. The van der Waals surface area contributed by atoms with Gasteiger partial charge < -0.3 is 14.1 Å². The molecular weight excluding hydrogens is 363 g/mol. The Morgan fingerprint density at radius 2 is 1.96 bits per heavy atom. The van der Waals surface area contributed by atoms with Crippen molar-refractivity contribution < 1.29 is 27.1 Å². The van der Waals surface area contributed by atoms with Crippen LogP contribution in [0.4, 0.5) is 19.0 Å². The molecular formula is C15H15ClF3N3O3. The number of ether oxygens (including phenoxy) is 1. The molecule has 0 N–H and O–H groups in total. The number of hydrogen-bond acceptors (Lipinski definition) is 6. The van der Waals surface area contributed by atoms with E-state index < -0.39 is 28.8 Å². The highest BCUT2D eigenvalue weighted by Gasteiger charge is 2.42. The maximum absolute atomic E-state index is 13.6. The predicted octanol–water partition coefficient (Wildman–Crippen LogP) is 3.71. The molecule has 1 aliphatic heterocycles. The average molecular weight is 378 g/mol. The first-order valence-corrected chi connectivity index (χ1v) is 8.13. The number of aromatic nitrogens is 2. The summed E-state index contributed by atoms with van der Waals surface area (Å²) < 4.78 is 51.3. The lowest BCUT2D eigenvalue weighted by Gasteiger charge is -2.27. The standard InChI is InChI=1S/C15H15ClF3N3O3/c1-2-3-8(23)11-9(15(17,18)19)10-12(25-11)13(21-14(16)20-10)22-4-6-24-7-5-22/h2-7H2,1H3. The van der Waals surface area contributed by atoms with Gasteiger partial charge in [-0.3, -0.25) is 4.79 Å². The van der Waals surface area contributed by atoms with E-state index in [9.17, 15) is 18.0 Å². The zero-order valence-electron chi connectivity index (χ0n) is 13.3. The Hall–Kier alpha value is -1.87. The Balaban J connectivity index is 2.24. The second-order valence-corrected chi connectivity index (χ2v) is 5.91. The molecule has 0 amide bonds. The van der Waals surface area contributed by atoms with Gasteiger partial charge >= 0.3 is 6.18 Å². The molecule has 0 spiro atoms. The molecule has 6 nitrogen and oxygen atoms in total. The Labute approximate surface area is 145 Å². The third-order valence-electron chi connectivity index (χ3n) is 3.81. The number of fused-ring (bicyclic) bond motifs is 1. The molecule has 0 unspecified atom stereocenters. The zero-order valence-corrected chi connectivity index (χ0v) is 14.1. The summed E-state index contributed by atoms with van der Waals surface area (Å²) in [5, 5.41) is -0.338. The molecule has 10 heteroatoms. The van der Waals surface area contributed by atoms with Gasteiger partial charge in [-0.2, -0.15) is 18.2 Å². The summed E-state index contributed by atoms with van der Waals surface area (Å²) in [4.78, 5) is 21.6. The number of alkyl halides is 3. The van der Waals surface area contributed by atoms with Crippen LogP contribution in [0.25, 0.3) is 11.1 Å². The van der Waals surface area contributed by atoms with E-state index in [0.29, 0.717) is 32.7 Å². The maximum Gasteiger partial charge on any atom is 0.422 e. The van der Waals surface area contributed by atoms with E-state index in [1.807, 2.05) is 0 Å². The van der Waals surface area contributed by atoms with Gasteiger partial charge in [-0.25, -0.2) is 4.98 Å². The van der Waals surface area contributed by atoms with Crippen molar-refractivity contribution in [2.45, 2.75) is 25.9 Å². The first kappa shape index (κ1) is 17.9. The summed E-state index contributed by atoms with van der Waals surface area (Å²) in [7, 11) is 0. The number of morpholine rings is 1. The monoisotopic (exact) mass is 377 g/mol. The molecule has 2 aromatic heterocycles. The number of furan rings is 1. The summed E-state index contributed by atoms with van der Waals surface area (Å²) in [5.41, 5.74) is -1.87. The van der Waals surface area contributed by atoms with Crippen molar-refractivity contribution in [1.82, 2.24) is 9.97 Å². The lowest BCUT2D eigenvalue weighted by Crippen LogP contribution is -2.36. The lowest BCUT2D eigenvalue weighted by molar-refractivity contribution is -0.137. The summed E-state index contributed by atoms with van der Waals surface area (Å²) in [6.07, 6.45) is -4.46. The molecule has 136 valence electrons. The quantitative estimate of drug-likeness (QED) is 0.597. The van der Waals surface area contributed by atoms with Gasteiger partial charge in [-0.15, -0.1) is 0 Å². The first-order chi connectivity index (χ1) is 11.8. The van der Waals surface area contributed by atoms with Crippen LogP contribution in [0.3, 0.4) is 0 Å². The van der Waals surface area contributed by atoms with Crippen LogP contribution < -0.4 is 4.90 Å². The fraction of sp³-hybridized carbons (Fsp3) is 0.533. The molecule has 0 aliphatic carbocycles. The molecule has 0 radical (unpaired) electrons. The van der Waals surface area contributed by atoms with Crippen LogP contribution in [0.1, 0.15) is 35.9 Å².